The van der Waals surface area contributed by atoms with E-state index in [1.807, 2.05) is 24.3 Å². The smallest absolute Gasteiger partial charge is 0.262 e. The highest BCUT2D eigenvalue weighted by Crippen LogP contribution is 2.21. The molecule has 0 aliphatic carbocycles. The van der Waals surface area contributed by atoms with Crippen LogP contribution in [0.15, 0.2) is 48.5 Å². The van der Waals surface area contributed by atoms with Crippen LogP contribution in [0, 0.1) is 0 Å². The Balaban J connectivity index is 1.93. The minimum Gasteiger partial charge on any atom is -0.483 e. The Kier molecular flexibility index (Phi) is 5.95. The van der Waals surface area contributed by atoms with Gasteiger partial charge in [-0.05, 0) is 42.2 Å². The molecule has 0 aliphatic heterocycles. The van der Waals surface area contributed by atoms with Crippen LogP contribution in [0.2, 0.25) is 0 Å². The first-order valence-electron chi connectivity index (χ1n) is 7.92. The molecule has 0 fully saturated rings. The zero-order valence-corrected chi connectivity index (χ0v) is 13.9. The van der Waals surface area contributed by atoms with Crippen LogP contribution in [0.1, 0.15) is 42.1 Å². The van der Waals surface area contributed by atoms with E-state index in [4.69, 9.17) is 10.5 Å². The SMILES string of the molecule is CC[C@H](C)c1ccc(NC(=O)COc2ccccc2C(N)=O)cc1. The number of nitrogens with one attached hydrogen (secondary N) is 1. The number of benzene rings is 2. The number of ether oxygens (including phenoxy) is 1. The van der Waals surface area contributed by atoms with Gasteiger partial charge in [0.1, 0.15) is 5.75 Å². The Morgan fingerprint density at radius 3 is 2.42 bits per heavy atom. The molecule has 2 amide bonds. The van der Waals surface area contributed by atoms with Crippen molar-refractivity contribution in [2.24, 2.45) is 5.73 Å². The lowest BCUT2D eigenvalue weighted by Gasteiger charge is -2.11. The standard InChI is InChI=1S/C19H22N2O3/c1-3-13(2)14-8-10-15(11-9-14)21-18(22)12-24-17-7-5-4-6-16(17)19(20)23/h4-11,13H,3,12H2,1-2H3,(H2,20,23)(H,21,22)/t13-/m0/s1. The molecule has 2 aromatic carbocycles. The molecule has 0 saturated carbocycles. The Bertz CT molecular complexity index is 711. The van der Waals surface area contributed by atoms with Gasteiger partial charge >= 0.3 is 0 Å². The Labute approximate surface area is 141 Å². The number of hydrogen-bond acceptors (Lipinski definition) is 3. The summed E-state index contributed by atoms with van der Waals surface area (Å²) in [5, 5.41) is 2.76. The zero-order valence-electron chi connectivity index (χ0n) is 13.9. The van der Waals surface area contributed by atoms with E-state index in [1.54, 1.807) is 24.3 Å². The van der Waals surface area contributed by atoms with Crippen LogP contribution >= 0.6 is 0 Å². The largest absolute Gasteiger partial charge is 0.483 e. The van der Waals surface area contributed by atoms with Crippen molar-refractivity contribution in [1.82, 2.24) is 0 Å². The number of rotatable bonds is 7. The molecule has 2 rings (SSSR count). The van der Waals surface area contributed by atoms with Crippen molar-refractivity contribution < 1.29 is 14.3 Å². The fraction of sp³-hybridized carbons (Fsp3) is 0.263. The molecule has 5 heteroatoms. The van der Waals surface area contributed by atoms with Crippen molar-refractivity contribution in [2.45, 2.75) is 26.2 Å². The number of hydrogen-bond donors (Lipinski definition) is 2. The third-order valence-electron chi connectivity index (χ3n) is 3.89. The highest BCUT2D eigenvalue weighted by Gasteiger charge is 2.10. The zero-order chi connectivity index (χ0) is 17.5. The van der Waals surface area contributed by atoms with Crippen LogP contribution < -0.4 is 15.8 Å². The summed E-state index contributed by atoms with van der Waals surface area (Å²) in [5.41, 5.74) is 7.47. The highest BCUT2D eigenvalue weighted by atomic mass is 16.5. The average molecular weight is 326 g/mol. The lowest BCUT2D eigenvalue weighted by atomic mass is 9.99. The molecule has 126 valence electrons. The summed E-state index contributed by atoms with van der Waals surface area (Å²) >= 11 is 0. The second-order valence-electron chi connectivity index (χ2n) is 5.63. The molecule has 0 aliphatic rings. The molecule has 24 heavy (non-hydrogen) atoms. The first-order valence-corrected chi connectivity index (χ1v) is 7.92. The van der Waals surface area contributed by atoms with Crippen molar-refractivity contribution in [2.75, 3.05) is 11.9 Å². The van der Waals surface area contributed by atoms with E-state index in [2.05, 4.69) is 19.2 Å². The molecule has 3 N–H and O–H groups in total. The van der Waals surface area contributed by atoms with Crippen LogP contribution in [0.4, 0.5) is 5.69 Å². The summed E-state index contributed by atoms with van der Waals surface area (Å²) in [6.45, 7) is 4.11. The van der Waals surface area contributed by atoms with E-state index in [9.17, 15) is 9.59 Å². The second-order valence-corrected chi connectivity index (χ2v) is 5.63. The third-order valence-corrected chi connectivity index (χ3v) is 3.89. The minimum absolute atomic E-state index is 0.197. The number of primary amides is 1. The molecule has 1 atom stereocenters. The van der Waals surface area contributed by atoms with E-state index >= 15 is 0 Å². The molecule has 0 radical (unpaired) electrons. The molecular formula is C19H22N2O3. The Hall–Kier alpha value is -2.82. The van der Waals surface area contributed by atoms with Gasteiger partial charge in [0.2, 0.25) is 0 Å². The maximum atomic E-state index is 12.0. The van der Waals surface area contributed by atoms with E-state index in [-0.39, 0.29) is 18.1 Å². The lowest BCUT2D eigenvalue weighted by Crippen LogP contribution is -2.21. The molecule has 0 saturated heterocycles. The van der Waals surface area contributed by atoms with Crippen LogP contribution in [0.3, 0.4) is 0 Å². The van der Waals surface area contributed by atoms with Crippen molar-refractivity contribution in [3.8, 4) is 5.75 Å². The predicted octanol–water partition coefficient (Wildman–Crippen LogP) is 3.32. The van der Waals surface area contributed by atoms with Gasteiger partial charge in [-0.1, -0.05) is 38.1 Å². The summed E-state index contributed by atoms with van der Waals surface area (Å²) in [5.74, 6) is -0.104. The van der Waals surface area contributed by atoms with Gasteiger partial charge in [-0.15, -0.1) is 0 Å². The number of anilines is 1. The average Bonchev–Trinajstić information content (AvgIpc) is 2.60. The third kappa shape index (κ3) is 4.59. The second kappa shape index (κ2) is 8.15. The Morgan fingerprint density at radius 1 is 1.12 bits per heavy atom. The molecule has 0 unspecified atom stereocenters. The van der Waals surface area contributed by atoms with Gasteiger partial charge in [0, 0.05) is 5.69 Å². The highest BCUT2D eigenvalue weighted by molar-refractivity contribution is 5.96. The molecule has 0 aromatic heterocycles. The normalized spacial score (nSPS) is 11.6. The van der Waals surface area contributed by atoms with Crippen molar-refractivity contribution in [3.63, 3.8) is 0 Å². The minimum atomic E-state index is -0.591. The van der Waals surface area contributed by atoms with Gasteiger partial charge in [0.25, 0.3) is 11.8 Å². The van der Waals surface area contributed by atoms with E-state index in [0.29, 0.717) is 17.4 Å². The van der Waals surface area contributed by atoms with Gasteiger partial charge in [-0.25, -0.2) is 0 Å². The quantitative estimate of drug-likeness (QED) is 0.819. The predicted molar refractivity (Wildman–Crippen MR) is 94.2 cm³/mol. The number of carbonyl (C=O) groups is 2. The van der Waals surface area contributed by atoms with Gasteiger partial charge < -0.3 is 15.8 Å². The molecule has 0 heterocycles. The first kappa shape index (κ1) is 17.5. The first-order chi connectivity index (χ1) is 11.5. The topological polar surface area (TPSA) is 81.4 Å². The van der Waals surface area contributed by atoms with Gasteiger partial charge in [0.05, 0.1) is 5.56 Å². The molecular weight excluding hydrogens is 304 g/mol. The van der Waals surface area contributed by atoms with E-state index in [0.717, 1.165) is 6.42 Å². The molecule has 5 nitrogen and oxygen atoms in total. The Morgan fingerprint density at radius 2 is 1.79 bits per heavy atom. The van der Waals surface area contributed by atoms with Gasteiger partial charge in [-0.3, -0.25) is 9.59 Å². The number of amides is 2. The van der Waals surface area contributed by atoms with E-state index in [1.165, 1.54) is 5.56 Å². The van der Waals surface area contributed by atoms with Crippen LogP contribution in [0.25, 0.3) is 0 Å². The molecule has 2 aromatic rings. The van der Waals surface area contributed by atoms with Crippen molar-refractivity contribution >= 4 is 17.5 Å². The monoisotopic (exact) mass is 326 g/mol. The summed E-state index contributed by atoms with van der Waals surface area (Å²) in [7, 11) is 0. The van der Waals surface area contributed by atoms with Gasteiger partial charge in [0.15, 0.2) is 6.61 Å². The molecule has 0 bridgehead atoms. The summed E-state index contributed by atoms with van der Waals surface area (Å²) in [6.07, 6.45) is 1.07. The van der Waals surface area contributed by atoms with Crippen LogP contribution in [-0.4, -0.2) is 18.4 Å². The summed E-state index contributed by atoms with van der Waals surface area (Å²) < 4.78 is 5.40. The van der Waals surface area contributed by atoms with Gasteiger partial charge in [-0.2, -0.15) is 0 Å². The maximum Gasteiger partial charge on any atom is 0.262 e. The van der Waals surface area contributed by atoms with Crippen LogP contribution in [-0.2, 0) is 4.79 Å². The lowest BCUT2D eigenvalue weighted by molar-refractivity contribution is -0.118. The van der Waals surface area contributed by atoms with Crippen molar-refractivity contribution in [1.29, 1.82) is 0 Å². The number of para-hydroxylation sites is 1. The number of carbonyl (C=O) groups excluding carboxylic acids is 2. The van der Waals surface area contributed by atoms with Crippen molar-refractivity contribution in [3.05, 3.63) is 59.7 Å². The maximum absolute atomic E-state index is 12.0. The fourth-order valence-electron chi connectivity index (χ4n) is 2.27. The van der Waals surface area contributed by atoms with Crippen LogP contribution in [0.5, 0.6) is 5.75 Å². The fourth-order valence-corrected chi connectivity index (χ4v) is 2.27. The number of nitrogens with two attached hydrogens (primary N) is 1. The summed E-state index contributed by atoms with van der Waals surface area (Å²) in [6, 6.07) is 14.3. The van der Waals surface area contributed by atoms with E-state index < -0.39 is 5.91 Å². The molecule has 0 spiro atoms. The summed E-state index contributed by atoms with van der Waals surface area (Å²) in [4.78, 5) is 23.3.